The molecule has 3 aliphatic heterocycles. The smallest absolute Gasteiger partial charge is 0.245 e. The lowest BCUT2D eigenvalue weighted by Crippen LogP contribution is -2.36. The van der Waals surface area contributed by atoms with Gasteiger partial charge in [0, 0.05) is 66.3 Å². The van der Waals surface area contributed by atoms with Gasteiger partial charge in [-0.1, -0.05) is 40.2 Å². The number of aromatic nitrogens is 1. The van der Waals surface area contributed by atoms with Crippen LogP contribution in [0.25, 0.3) is 16.5 Å². The summed E-state index contributed by atoms with van der Waals surface area (Å²) in [7, 11) is -3.85. The van der Waals surface area contributed by atoms with Crippen molar-refractivity contribution in [3.05, 3.63) is 63.8 Å². The van der Waals surface area contributed by atoms with Gasteiger partial charge in [0.15, 0.2) is 0 Å². The van der Waals surface area contributed by atoms with Crippen molar-refractivity contribution in [1.29, 1.82) is 0 Å². The highest BCUT2D eigenvalue weighted by molar-refractivity contribution is 9.10. The van der Waals surface area contributed by atoms with Crippen LogP contribution in [0, 0.1) is 6.92 Å². The Hall–Kier alpha value is -2.95. The Kier molecular flexibility index (Phi) is 7.13. The number of carbonyl (C=O) groups is 2. The van der Waals surface area contributed by atoms with Crippen molar-refractivity contribution in [1.82, 2.24) is 13.8 Å². The fraction of sp³-hybridized carbons (Fsp3) is 0.400. The molecule has 3 aromatic rings. The quantitative estimate of drug-likeness (QED) is 0.411. The van der Waals surface area contributed by atoms with Gasteiger partial charge >= 0.3 is 0 Å². The molecule has 1 fully saturated rings. The van der Waals surface area contributed by atoms with Gasteiger partial charge in [-0.15, -0.1) is 0 Å². The zero-order chi connectivity index (χ0) is 28.2. The average molecular weight is 626 g/mol. The van der Waals surface area contributed by atoms with E-state index in [1.807, 2.05) is 29.2 Å². The number of fused-ring (bicyclic) bond motifs is 2. The van der Waals surface area contributed by atoms with Gasteiger partial charge in [0.05, 0.1) is 5.69 Å². The summed E-state index contributed by atoms with van der Waals surface area (Å²) in [5.41, 5.74) is 5.60. The van der Waals surface area contributed by atoms with E-state index >= 15 is 0 Å². The number of rotatable bonds is 5. The first kappa shape index (κ1) is 27.2. The topological polar surface area (TPSA) is 82.9 Å². The average Bonchev–Trinajstić information content (AvgIpc) is 3.67. The van der Waals surface area contributed by atoms with Crippen LogP contribution in [0.2, 0.25) is 0 Å². The molecule has 0 radical (unpaired) electrons. The number of halogens is 1. The fourth-order valence-corrected chi connectivity index (χ4v) is 8.76. The second kappa shape index (κ2) is 10.5. The number of hydrogen-bond donors (Lipinski definition) is 0. The lowest BCUT2D eigenvalue weighted by atomic mass is 9.97. The number of likely N-dealkylation sites (tertiary alicyclic amines) is 1. The van der Waals surface area contributed by atoms with Crippen LogP contribution < -0.4 is 4.90 Å². The largest absolute Gasteiger partial charge is 0.341 e. The van der Waals surface area contributed by atoms with Crippen LogP contribution in [-0.4, -0.2) is 66.7 Å². The molecule has 8 nitrogen and oxygen atoms in total. The van der Waals surface area contributed by atoms with E-state index in [1.165, 1.54) is 11.2 Å². The molecule has 0 N–H and O–H groups in total. The van der Waals surface area contributed by atoms with E-state index in [1.54, 1.807) is 11.0 Å². The SMILES string of the molecule is CC(=O)N1CCc2cc(Br)cc(S(=O)(=O)N3CC=C(c4c(C)n(CC(=O)N5CCCC5)c5ccccc45)CC3)c21. The van der Waals surface area contributed by atoms with Gasteiger partial charge in [-0.2, -0.15) is 4.31 Å². The maximum absolute atomic E-state index is 13.9. The lowest BCUT2D eigenvalue weighted by molar-refractivity contribution is -0.130. The Labute approximate surface area is 243 Å². The van der Waals surface area contributed by atoms with Crippen molar-refractivity contribution in [2.75, 3.05) is 37.6 Å². The van der Waals surface area contributed by atoms with E-state index in [0.717, 1.165) is 59.2 Å². The van der Waals surface area contributed by atoms with Crippen molar-refractivity contribution in [2.45, 2.75) is 51.0 Å². The zero-order valence-electron chi connectivity index (χ0n) is 22.8. The molecular weight excluding hydrogens is 592 g/mol. The monoisotopic (exact) mass is 624 g/mol. The number of benzene rings is 2. The Bertz CT molecular complexity index is 1670. The molecule has 4 heterocycles. The first-order chi connectivity index (χ1) is 19.2. The molecule has 10 heteroatoms. The number of carbonyl (C=O) groups excluding carboxylic acids is 2. The van der Waals surface area contributed by atoms with Gasteiger partial charge in [0.25, 0.3) is 0 Å². The van der Waals surface area contributed by atoms with E-state index in [-0.39, 0.29) is 23.3 Å². The Morgan fingerprint density at radius 2 is 1.75 bits per heavy atom. The number of para-hydroxylation sites is 1. The normalized spacial score (nSPS) is 17.9. The number of amides is 2. The van der Waals surface area contributed by atoms with Crippen LogP contribution in [0.1, 0.15) is 43.0 Å². The van der Waals surface area contributed by atoms with Crippen molar-refractivity contribution in [3.8, 4) is 0 Å². The summed E-state index contributed by atoms with van der Waals surface area (Å²) in [5, 5.41) is 1.08. The van der Waals surface area contributed by atoms with Gasteiger partial charge < -0.3 is 14.4 Å². The van der Waals surface area contributed by atoms with Crippen LogP contribution in [-0.2, 0) is 32.6 Å². The highest BCUT2D eigenvalue weighted by Gasteiger charge is 2.35. The fourth-order valence-electron chi connectivity index (χ4n) is 6.46. The number of nitrogens with zero attached hydrogens (tertiary/aromatic N) is 4. The third-order valence-corrected chi connectivity index (χ3v) is 10.8. The highest BCUT2D eigenvalue weighted by Crippen LogP contribution is 2.40. The van der Waals surface area contributed by atoms with Crippen LogP contribution >= 0.6 is 15.9 Å². The molecular formula is C30H33BrN4O4S. The zero-order valence-corrected chi connectivity index (χ0v) is 25.2. The van der Waals surface area contributed by atoms with Crippen molar-refractivity contribution < 1.29 is 18.0 Å². The summed E-state index contributed by atoms with van der Waals surface area (Å²) < 4.78 is 32.2. The second-order valence-corrected chi connectivity index (χ2v) is 13.6. The Balaban J connectivity index is 1.32. The molecule has 0 bridgehead atoms. The number of sulfonamides is 1. The van der Waals surface area contributed by atoms with E-state index in [4.69, 9.17) is 0 Å². The maximum atomic E-state index is 13.9. The van der Waals surface area contributed by atoms with Gasteiger partial charge in [0.1, 0.15) is 11.4 Å². The van der Waals surface area contributed by atoms with Gasteiger partial charge in [-0.05, 0) is 61.9 Å². The van der Waals surface area contributed by atoms with E-state index in [9.17, 15) is 18.0 Å². The second-order valence-electron chi connectivity index (χ2n) is 10.8. The summed E-state index contributed by atoms with van der Waals surface area (Å²) in [5.74, 6) is -0.0163. The maximum Gasteiger partial charge on any atom is 0.245 e. The molecule has 2 aromatic carbocycles. The Morgan fingerprint density at radius 1 is 1.00 bits per heavy atom. The molecule has 0 unspecified atom stereocenters. The van der Waals surface area contributed by atoms with E-state index in [0.29, 0.717) is 42.6 Å². The summed E-state index contributed by atoms with van der Waals surface area (Å²) in [6.07, 6.45) is 5.31. The minimum atomic E-state index is -3.85. The van der Waals surface area contributed by atoms with Crippen LogP contribution in [0.5, 0.6) is 0 Å². The molecule has 1 aromatic heterocycles. The van der Waals surface area contributed by atoms with Gasteiger partial charge in [0.2, 0.25) is 21.8 Å². The third-order valence-electron chi connectivity index (χ3n) is 8.47. The minimum Gasteiger partial charge on any atom is -0.341 e. The number of hydrogen-bond acceptors (Lipinski definition) is 4. The minimum absolute atomic E-state index is 0.143. The predicted molar refractivity (Wildman–Crippen MR) is 160 cm³/mol. The lowest BCUT2D eigenvalue weighted by Gasteiger charge is -2.28. The van der Waals surface area contributed by atoms with Crippen LogP contribution in [0.3, 0.4) is 0 Å². The first-order valence-electron chi connectivity index (χ1n) is 13.8. The van der Waals surface area contributed by atoms with Gasteiger partial charge in [-0.25, -0.2) is 8.42 Å². The summed E-state index contributed by atoms with van der Waals surface area (Å²) >= 11 is 3.47. The molecule has 0 atom stereocenters. The third kappa shape index (κ3) is 4.59. The summed E-state index contributed by atoms with van der Waals surface area (Å²) in [4.78, 5) is 29.0. The van der Waals surface area contributed by atoms with Crippen LogP contribution in [0.4, 0.5) is 5.69 Å². The number of anilines is 1. The van der Waals surface area contributed by atoms with E-state index < -0.39 is 10.0 Å². The van der Waals surface area contributed by atoms with Crippen molar-refractivity contribution in [2.24, 2.45) is 0 Å². The molecule has 2 amide bonds. The summed E-state index contributed by atoms with van der Waals surface area (Å²) in [6, 6.07) is 11.7. The molecule has 6 rings (SSSR count). The molecule has 210 valence electrons. The molecule has 3 aliphatic rings. The van der Waals surface area contributed by atoms with Crippen molar-refractivity contribution in [3.63, 3.8) is 0 Å². The summed E-state index contributed by atoms with van der Waals surface area (Å²) in [6.45, 7) is 6.54. The standard InChI is InChI=1S/C30H33BrN4O4S/c1-20-29(25-7-3-4-8-26(25)35(20)19-28(37)32-12-5-6-13-32)22-9-14-33(15-10-22)40(38,39)27-18-24(31)17-23-11-16-34(21(2)36)30(23)27/h3-4,7-9,17-18H,5-6,10-16,19H2,1-2H3. The predicted octanol–water partition coefficient (Wildman–Crippen LogP) is 4.72. The Morgan fingerprint density at radius 3 is 2.45 bits per heavy atom. The van der Waals surface area contributed by atoms with Crippen LogP contribution in [0.15, 0.2) is 51.8 Å². The van der Waals surface area contributed by atoms with Gasteiger partial charge in [-0.3, -0.25) is 9.59 Å². The molecule has 0 saturated carbocycles. The molecule has 0 spiro atoms. The molecule has 1 saturated heterocycles. The molecule has 0 aliphatic carbocycles. The highest BCUT2D eigenvalue weighted by atomic mass is 79.9. The first-order valence-corrected chi connectivity index (χ1v) is 16.1. The van der Waals surface area contributed by atoms with E-state index in [2.05, 4.69) is 39.6 Å². The van der Waals surface area contributed by atoms with Crippen molar-refractivity contribution >= 4 is 59.9 Å². The molecule has 40 heavy (non-hydrogen) atoms.